The topological polar surface area (TPSA) is 76.4 Å². The van der Waals surface area contributed by atoms with Gasteiger partial charge in [-0.05, 0) is 33.1 Å². The standard InChI is InChI=1S/C14H21N3O3/c1-3-19-11-8-10(14(11)5-4-6-14)15-13(18)16-12-7-9(2)20-17-12/h7,10-11H,3-6,8H2,1-2H3,(H2,15,16,17,18). The van der Waals surface area contributed by atoms with Gasteiger partial charge in [-0.1, -0.05) is 11.6 Å². The molecule has 0 saturated heterocycles. The first kappa shape index (κ1) is 13.4. The lowest BCUT2D eigenvalue weighted by Crippen LogP contribution is -2.68. The molecule has 2 saturated carbocycles. The lowest BCUT2D eigenvalue weighted by molar-refractivity contribution is -0.169. The van der Waals surface area contributed by atoms with Crippen LogP contribution in [0.25, 0.3) is 0 Å². The summed E-state index contributed by atoms with van der Waals surface area (Å²) in [5.74, 6) is 1.12. The number of nitrogens with zero attached hydrogens (tertiary/aromatic N) is 1. The van der Waals surface area contributed by atoms with Crippen molar-refractivity contribution >= 4 is 11.8 Å². The second-order valence-electron chi connectivity index (χ2n) is 5.74. The van der Waals surface area contributed by atoms with Crippen molar-refractivity contribution in [1.29, 1.82) is 0 Å². The van der Waals surface area contributed by atoms with Gasteiger partial charge in [0.05, 0.1) is 6.10 Å². The molecular formula is C14H21N3O3. The fraction of sp³-hybridized carbons (Fsp3) is 0.714. The Morgan fingerprint density at radius 3 is 2.95 bits per heavy atom. The number of aryl methyl sites for hydroxylation is 1. The summed E-state index contributed by atoms with van der Waals surface area (Å²) < 4.78 is 10.7. The van der Waals surface area contributed by atoms with E-state index in [-0.39, 0.29) is 17.5 Å². The van der Waals surface area contributed by atoms with Gasteiger partial charge in [-0.15, -0.1) is 0 Å². The molecule has 6 nitrogen and oxygen atoms in total. The average molecular weight is 279 g/mol. The van der Waals surface area contributed by atoms with Gasteiger partial charge in [0.2, 0.25) is 0 Å². The summed E-state index contributed by atoms with van der Waals surface area (Å²) in [4.78, 5) is 12.0. The van der Waals surface area contributed by atoms with E-state index in [1.807, 2.05) is 6.92 Å². The molecular weight excluding hydrogens is 258 g/mol. The molecule has 0 bridgehead atoms. The van der Waals surface area contributed by atoms with E-state index < -0.39 is 0 Å². The minimum atomic E-state index is -0.218. The molecule has 2 atom stereocenters. The first-order valence-electron chi connectivity index (χ1n) is 7.26. The molecule has 0 radical (unpaired) electrons. The Morgan fingerprint density at radius 1 is 1.60 bits per heavy atom. The predicted molar refractivity (Wildman–Crippen MR) is 73.5 cm³/mol. The van der Waals surface area contributed by atoms with Crippen molar-refractivity contribution in [3.05, 3.63) is 11.8 Å². The molecule has 2 fully saturated rings. The molecule has 2 N–H and O–H groups in total. The van der Waals surface area contributed by atoms with E-state index in [1.54, 1.807) is 13.0 Å². The molecule has 2 unspecified atom stereocenters. The van der Waals surface area contributed by atoms with Crippen molar-refractivity contribution in [2.75, 3.05) is 11.9 Å². The summed E-state index contributed by atoms with van der Waals surface area (Å²) in [6.45, 7) is 4.55. The van der Waals surface area contributed by atoms with Gasteiger partial charge >= 0.3 is 6.03 Å². The van der Waals surface area contributed by atoms with Crippen molar-refractivity contribution in [2.45, 2.75) is 51.7 Å². The van der Waals surface area contributed by atoms with Crippen LogP contribution in [0, 0.1) is 12.3 Å². The minimum absolute atomic E-state index is 0.174. The van der Waals surface area contributed by atoms with E-state index in [9.17, 15) is 4.79 Å². The third kappa shape index (κ3) is 2.18. The van der Waals surface area contributed by atoms with Gasteiger partial charge < -0.3 is 14.6 Å². The number of aromatic nitrogens is 1. The number of anilines is 1. The van der Waals surface area contributed by atoms with E-state index in [4.69, 9.17) is 9.26 Å². The van der Waals surface area contributed by atoms with Gasteiger partial charge in [-0.3, -0.25) is 5.32 Å². The number of amides is 2. The maximum Gasteiger partial charge on any atom is 0.320 e. The zero-order chi connectivity index (χ0) is 14.2. The van der Waals surface area contributed by atoms with E-state index in [0.717, 1.165) is 25.9 Å². The molecule has 2 amide bonds. The largest absolute Gasteiger partial charge is 0.378 e. The summed E-state index contributed by atoms with van der Waals surface area (Å²) in [6.07, 6.45) is 4.73. The van der Waals surface area contributed by atoms with Crippen LogP contribution < -0.4 is 10.6 Å². The van der Waals surface area contributed by atoms with Crippen LogP contribution in [0.4, 0.5) is 10.6 Å². The van der Waals surface area contributed by atoms with Gasteiger partial charge in [0.15, 0.2) is 5.82 Å². The SMILES string of the molecule is CCOC1CC(NC(=O)Nc2cc(C)on2)C12CCC2. The molecule has 1 aromatic rings. The van der Waals surface area contributed by atoms with Crippen molar-refractivity contribution in [3.8, 4) is 0 Å². The summed E-state index contributed by atoms with van der Waals surface area (Å²) >= 11 is 0. The van der Waals surface area contributed by atoms with Gasteiger partial charge in [0.25, 0.3) is 0 Å². The fourth-order valence-corrected chi connectivity index (χ4v) is 3.38. The maximum absolute atomic E-state index is 12.0. The van der Waals surface area contributed by atoms with Crippen molar-refractivity contribution in [3.63, 3.8) is 0 Å². The Kier molecular flexibility index (Phi) is 3.41. The first-order valence-corrected chi connectivity index (χ1v) is 7.26. The molecule has 3 rings (SSSR count). The molecule has 0 aliphatic heterocycles. The Hall–Kier alpha value is -1.56. The number of carbonyl (C=O) groups excluding carboxylic acids is 1. The van der Waals surface area contributed by atoms with Crippen LogP contribution >= 0.6 is 0 Å². The molecule has 1 heterocycles. The fourth-order valence-electron chi connectivity index (χ4n) is 3.38. The Balaban J connectivity index is 1.54. The zero-order valence-corrected chi connectivity index (χ0v) is 11.9. The van der Waals surface area contributed by atoms with Gasteiger partial charge in [-0.2, -0.15) is 0 Å². The van der Waals surface area contributed by atoms with Crippen LogP contribution in [0.1, 0.15) is 38.4 Å². The van der Waals surface area contributed by atoms with Crippen LogP contribution in [0.5, 0.6) is 0 Å². The van der Waals surface area contributed by atoms with Crippen LogP contribution in [-0.2, 0) is 4.74 Å². The molecule has 110 valence electrons. The molecule has 1 spiro atoms. The molecule has 0 aromatic carbocycles. The highest BCUT2D eigenvalue weighted by Gasteiger charge is 2.59. The van der Waals surface area contributed by atoms with Gasteiger partial charge in [0, 0.05) is 24.1 Å². The summed E-state index contributed by atoms with van der Waals surface area (Å²) in [7, 11) is 0. The zero-order valence-electron chi connectivity index (χ0n) is 11.9. The van der Waals surface area contributed by atoms with Crippen LogP contribution in [-0.4, -0.2) is 29.9 Å². The second-order valence-corrected chi connectivity index (χ2v) is 5.74. The van der Waals surface area contributed by atoms with Gasteiger partial charge in [0.1, 0.15) is 5.76 Å². The normalized spacial score (nSPS) is 26.7. The Bertz CT molecular complexity index is 496. The smallest absolute Gasteiger partial charge is 0.320 e. The maximum atomic E-state index is 12.0. The lowest BCUT2D eigenvalue weighted by atomic mass is 9.51. The summed E-state index contributed by atoms with van der Waals surface area (Å²) in [5.41, 5.74) is 0.174. The van der Waals surface area contributed by atoms with Crippen molar-refractivity contribution in [2.24, 2.45) is 5.41 Å². The van der Waals surface area contributed by atoms with Crippen LogP contribution in [0.3, 0.4) is 0 Å². The van der Waals surface area contributed by atoms with E-state index in [0.29, 0.717) is 17.7 Å². The number of ether oxygens (including phenoxy) is 1. The van der Waals surface area contributed by atoms with Crippen molar-refractivity contribution in [1.82, 2.24) is 10.5 Å². The first-order chi connectivity index (χ1) is 9.64. The van der Waals surface area contributed by atoms with Crippen LogP contribution in [0.15, 0.2) is 10.6 Å². The van der Waals surface area contributed by atoms with E-state index in [1.165, 1.54) is 6.42 Å². The molecule has 20 heavy (non-hydrogen) atoms. The highest BCUT2D eigenvalue weighted by Crippen LogP contribution is 2.57. The Morgan fingerprint density at radius 2 is 2.40 bits per heavy atom. The molecule has 2 aliphatic carbocycles. The minimum Gasteiger partial charge on any atom is -0.378 e. The third-order valence-corrected chi connectivity index (χ3v) is 4.61. The number of urea groups is 1. The third-order valence-electron chi connectivity index (χ3n) is 4.61. The summed E-state index contributed by atoms with van der Waals surface area (Å²) in [5, 5.41) is 9.49. The number of rotatable bonds is 4. The average Bonchev–Trinajstić information content (AvgIpc) is 2.71. The molecule has 1 aromatic heterocycles. The quantitative estimate of drug-likeness (QED) is 0.887. The Labute approximate surface area is 118 Å². The van der Waals surface area contributed by atoms with Crippen LogP contribution in [0.2, 0.25) is 0 Å². The highest BCUT2D eigenvalue weighted by atomic mass is 16.5. The van der Waals surface area contributed by atoms with E-state index >= 15 is 0 Å². The number of hydrogen-bond donors (Lipinski definition) is 2. The highest BCUT2D eigenvalue weighted by molar-refractivity contribution is 5.88. The predicted octanol–water partition coefficient (Wildman–Crippen LogP) is 2.45. The van der Waals surface area contributed by atoms with E-state index in [2.05, 4.69) is 15.8 Å². The monoisotopic (exact) mass is 279 g/mol. The molecule has 6 heteroatoms. The number of hydrogen-bond acceptors (Lipinski definition) is 4. The summed E-state index contributed by atoms with van der Waals surface area (Å²) in [6, 6.07) is 1.69. The lowest BCUT2D eigenvalue weighted by Gasteiger charge is -2.60. The van der Waals surface area contributed by atoms with Gasteiger partial charge in [-0.25, -0.2) is 4.79 Å². The number of carbonyl (C=O) groups is 1. The second kappa shape index (κ2) is 5.09. The molecule has 2 aliphatic rings. The van der Waals surface area contributed by atoms with Crippen molar-refractivity contribution < 1.29 is 14.1 Å². The number of nitrogens with one attached hydrogen (secondary N) is 2.